The number of nitrogens with zero attached hydrogens (tertiary/aromatic N) is 2. The van der Waals surface area contributed by atoms with Crippen molar-refractivity contribution >= 4 is 26.6 Å². The van der Waals surface area contributed by atoms with Gasteiger partial charge in [0, 0.05) is 29.6 Å². The van der Waals surface area contributed by atoms with Crippen molar-refractivity contribution in [2.45, 2.75) is 18.0 Å². The van der Waals surface area contributed by atoms with Crippen LogP contribution in [0.25, 0.3) is 10.9 Å². The molecule has 35 heavy (non-hydrogen) atoms. The maximum absolute atomic E-state index is 13.6. The Morgan fingerprint density at radius 1 is 1.03 bits per heavy atom. The highest BCUT2D eigenvalue weighted by Gasteiger charge is 2.32. The van der Waals surface area contributed by atoms with Crippen LogP contribution >= 0.6 is 0 Å². The fourth-order valence-electron chi connectivity index (χ4n) is 3.65. The third-order valence-electron chi connectivity index (χ3n) is 5.36. The average Bonchev–Trinajstić information content (AvgIpc) is 3.36. The second-order valence-electron chi connectivity index (χ2n) is 7.50. The molecule has 0 aliphatic rings. The molecule has 0 aliphatic heterocycles. The molecule has 0 amide bonds. The summed E-state index contributed by atoms with van der Waals surface area (Å²) in [5.74, 6) is 1.15. The molecule has 0 aliphatic carbocycles. The van der Waals surface area contributed by atoms with Gasteiger partial charge in [-0.1, -0.05) is 12.1 Å². The lowest BCUT2D eigenvalue weighted by molar-refractivity contribution is -0.387. The van der Waals surface area contributed by atoms with Gasteiger partial charge in [0.2, 0.25) is 0 Å². The van der Waals surface area contributed by atoms with Crippen molar-refractivity contribution in [2.75, 3.05) is 14.2 Å². The molecule has 11 nitrogen and oxygen atoms in total. The Kier molecular flexibility index (Phi) is 6.58. The van der Waals surface area contributed by atoms with Crippen LogP contribution < -0.4 is 15.0 Å². The van der Waals surface area contributed by atoms with Crippen molar-refractivity contribution in [3.63, 3.8) is 0 Å². The van der Waals surface area contributed by atoms with Crippen molar-refractivity contribution in [1.29, 1.82) is 0 Å². The first kappa shape index (κ1) is 24.0. The number of sulfonamides is 1. The predicted molar refractivity (Wildman–Crippen MR) is 126 cm³/mol. The topological polar surface area (TPSA) is 145 Å². The first-order chi connectivity index (χ1) is 16.7. The molecule has 2 aromatic heterocycles. The highest BCUT2D eigenvalue weighted by Crippen LogP contribution is 2.32. The number of fused-ring (bicyclic) bond motifs is 1. The summed E-state index contributed by atoms with van der Waals surface area (Å²) in [6, 6.07) is 13.0. The molecule has 0 saturated carbocycles. The molecular weight excluding hydrogens is 478 g/mol. The molecule has 0 spiro atoms. The summed E-state index contributed by atoms with van der Waals surface area (Å²) in [4.78, 5) is 25.9. The Bertz CT molecular complexity index is 1550. The van der Waals surface area contributed by atoms with E-state index in [1.165, 1.54) is 32.6 Å². The van der Waals surface area contributed by atoms with Crippen molar-refractivity contribution in [2.24, 2.45) is 0 Å². The summed E-state index contributed by atoms with van der Waals surface area (Å²) in [6.07, 6.45) is 1.38. The number of aromatic amines is 1. The molecule has 12 heteroatoms. The second-order valence-corrected chi connectivity index (χ2v) is 9.40. The summed E-state index contributed by atoms with van der Waals surface area (Å²) in [6.45, 7) is -0.612. The van der Waals surface area contributed by atoms with E-state index in [1.54, 1.807) is 30.3 Å². The number of nitrogens with one attached hydrogen (secondary N) is 1. The first-order valence-electron chi connectivity index (χ1n) is 10.3. The van der Waals surface area contributed by atoms with Crippen LogP contribution in [0.15, 0.2) is 75.0 Å². The van der Waals surface area contributed by atoms with Crippen molar-refractivity contribution in [1.82, 2.24) is 9.29 Å². The number of hydrogen-bond donors (Lipinski definition) is 1. The van der Waals surface area contributed by atoms with Gasteiger partial charge >= 0.3 is 0 Å². The number of para-hydroxylation sites is 1. The number of benzene rings is 2. The SMILES string of the molecule is COc1cc2cc(CN(Cc3ccco3)S(=O)(=O)c3ccccc3[N+](=O)[O-])c(=O)[nH]c2cc1OC. The zero-order chi connectivity index (χ0) is 25.2. The van der Waals surface area contributed by atoms with Gasteiger partial charge in [-0.05, 0) is 30.3 Å². The third kappa shape index (κ3) is 4.74. The largest absolute Gasteiger partial charge is 0.493 e. The van der Waals surface area contributed by atoms with Gasteiger partial charge in [-0.25, -0.2) is 8.42 Å². The minimum Gasteiger partial charge on any atom is -0.493 e. The highest BCUT2D eigenvalue weighted by molar-refractivity contribution is 7.89. The van der Waals surface area contributed by atoms with E-state index in [0.717, 1.165) is 16.4 Å². The monoisotopic (exact) mass is 499 g/mol. The van der Waals surface area contributed by atoms with Gasteiger partial charge in [-0.2, -0.15) is 4.31 Å². The number of nitro benzene ring substituents is 1. The van der Waals surface area contributed by atoms with Crippen molar-refractivity contribution in [3.8, 4) is 11.5 Å². The highest BCUT2D eigenvalue weighted by atomic mass is 32.2. The zero-order valence-corrected chi connectivity index (χ0v) is 19.6. The number of rotatable bonds is 9. The van der Waals surface area contributed by atoms with Crippen LogP contribution in [0, 0.1) is 10.1 Å². The van der Waals surface area contributed by atoms with Gasteiger partial charge in [0.05, 0.1) is 37.5 Å². The van der Waals surface area contributed by atoms with Crippen LogP contribution in [0.2, 0.25) is 0 Å². The summed E-state index contributed by atoms with van der Waals surface area (Å²) in [5, 5.41) is 12.1. The fourth-order valence-corrected chi connectivity index (χ4v) is 5.19. The normalized spacial score (nSPS) is 11.6. The molecule has 0 atom stereocenters. The second kappa shape index (κ2) is 9.60. The maximum atomic E-state index is 13.6. The molecule has 182 valence electrons. The van der Waals surface area contributed by atoms with E-state index in [-0.39, 0.29) is 18.7 Å². The van der Waals surface area contributed by atoms with Crippen LogP contribution in [0.4, 0.5) is 5.69 Å². The molecule has 0 saturated heterocycles. The van der Waals surface area contributed by atoms with E-state index in [2.05, 4.69) is 4.98 Å². The number of nitro groups is 1. The zero-order valence-electron chi connectivity index (χ0n) is 18.8. The van der Waals surface area contributed by atoms with E-state index >= 15 is 0 Å². The summed E-state index contributed by atoms with van der Waals surface area (Å²) in [7, 11) is -1.47. The van der Waals surface area contributed by atoms with Crippen LogP contribution in [-0.4, -0.2) is 36.8 Å². The Morgan fingerprint density at radius 2 is 1.74 bits per heavy atom. The standard InChI is InChI=1S/C23H21N3O8S/c1-32-20-11-15-10-16(23(27)24-18(15)12-21(20)33-2)13-25(14-17-6-5-9-34-17)35(30,31)22-8-4-3-7-19(22)26(28)29/h3-12H,13-14H2,1-2H3,(H,24,27). The number of H-pyrrole nitrogens is 1. The molecular formula is C23H21N3O8S. The molecule has 2 heterocycles. The number of pyridine rings is 1. The van der Waals surface area contributed by atoms with Gasteiger partial charge in [0.25, 0.3) is 21.3 Å². The molecule has 0 bridgehead atoms. The van der Waals surface area contributed by atoms with Crippen LogP contribution in [0.1, 0.15) is 11.3 Å². The molecule has 4 rings (SSSR count). The van der Waals surface area contributed by atoms with Crippen LogP contribution in [-0.2, 0) is 23.1 Å². The quantitative estimate of drug-likeness (QED) is 0.272. The number of hydrogen-bond acceptors (Lipinski definition) is 8. The van der Waals surface area contributed by atoms with Gasteiger partial charge < -0.3 is 18.9 Å². The van der Waals surface area contributed by atoms with Gasteiger partial charge in [0.1, 0.15) is 5.76 Å². The number of furan rings is 1. The number of aromatic nitrogens is 1. The van der Waals surface area contributed by atoms with Crippen molar-refractivity contribution < 1.29 is 27.2 Å². The fraction of sp³-hybridized carbons (Fsp3) is 0.174. The number of ether oxygens (including phenoxy) is 2. The van der Waals surface area contributed by atoms with E-state index in [1.807, 2.05) is 0 Å². The summed E-state index contributed by atoms with van der Waals surface area (Å²) < 4.78 is 44.0. The smallest absolute Gasteiger partial charge is 0.289 e. The first-order valence-corrected chi connectivity index (χ1v) is 11.7. The Hall–Kier alpha value is -4.16. The summed E-state index contributed by atoms with van der Waals surface area (Å²) in [5.41, 5.74) is -0.498. The molecule has 0 radical (unpaired) electrons. The maximum Gasteiger partial charge on any atom is 0.289 e. The van der Waals surface area contributed by atoms with E-state index in [9.17, 15) is 23.3 Å². The average molecular weight is 500 g/mol. The van der Waals surface area contributed by atoms with Gasteiger partial charge in [-0.15, -0.1) is 0 Å². The lowest BCUT2D eigenvalue weighted by Crippen LogP contribution is -2.32. The minimum atomic E-state index is -4.41. The van der Waals surface area contributed by atoms with Crippen LogP contribution in [0.3, 0.4) is 0 Å². The molecule has 0 fully saturated rings. The molecule has 2 aromatic carbocycles. The Labute approximate surface area is 199 Å². The lowest BCUT2D eigenvalue weighted by Gasteiger charge is -2.21. The van der Waals surface area contributed by atoms with E-state index in [0.29, 0.717) is 28.2 Å². The summed E-state index contributed by atoms with van der Waals surface area (Å²) >= 11 is 0. The molecule has 1 N–H and O–H groups in total. The third-order valence-corrected chi connectivity index (χ3v) is 7.20. The Morgan fingerprint density at radius 3 is 2.40 bits per heavy atom. The lowest BCUT2D eigenvalue weighted by atomic mass is 10.1. The number of methoxy groups -OCH3 is 2. The van der Waals surface area contributed by atoms with Gasteiger partial charge in [0.15, 0.2) is 16.4 Å². The predicted octanol–water partition coefficient (Wildman–Crippen LogP) is 3.44. The van der Waals surface area contributed by atoms with Crippen LogP contribution in [0.5, 0.6) is 11.5 Å². The molecule has 4 aromatic rings. The van der Waals surface area contributed by atoms with Gasteiger partial charge in [-0.3, -0.25) is 14.9 Å². The van der Waals surface area contributed by atoms with E-state index < -0.39 is 31.1 Å². The van der Waals surface area contributed by atoms with Crippen molar-refractivity contribution in [3.05, 3.63) is 92.7 Å². The van der Waals surface area contributed by atoms with E-state index in [4.69, 9.17) is 13.9 Å². The molecule has 0 unspecified atom stereocenters. The minimum absolute atomic E-state index is 0.124. The Balaban J connectivity index is 1.82.